The Morgan fingerprint density at radius 2 is 1.10 bits per heavy atom. The first kappa shape index (κ1) is 35.2. The number of morpholine rings is 2. The van der Waals surface area contributed by atoms with Gasteiger partial charge in [0.1, 0.15) is 11.6 Å². The van der Waals surface area contributed by atoms with Crippen molar-refractivity contribution in [1.29, 1.82) is 0 Å². The van der Waals surface area contributed by atoms with E-state index >= 15 is 0 Å². The number of aliphatic hydroxyl groups is 2. The maximum absolute atomic E-state index is 13.1. The van der Waals surface area contributed by atoms with E-state index in [0.717, 1.165) is 11.1 Å². The SMILES string of the molecule is C[C@@H]1NC(C)(C)CO[C@H]1c1cccc(F)c1.C[C@@H]1NC(C)(C)CO[C@H]1c1cccc(F)c1.O=C(O)[C@@H](O)[C@H](O)C(=O)O. The Morgan fingerprint density at radius 3 is 1.36 bits per heavy atom. The van der Waals surface area contributed by atoms with Crippen LogP contribution in [0, 0.1) is 11.6 Å². The Balaban J connectivity index is 0.000000228. The van der Waals surface area contributed by atoms with Gasteiger partial charge in [-0.2, -0.15) is 0 Å². The van der Waals surface area contributed by atoms with Gasteiger partial charge in [-0.05, 0) is 76.9 Å². The van der Waals surface area contributed by atoms with Crippen LogP contribution in [0.4, 0.5) is 8.78 Å². The average Bonchev–Trinajstić information content (AvgIpc) is 2.87. The summed E-state index contributed by atoms with van der Waals surface area (Å²) in [5, 5.41) is 39.5. The molecule has 0 bridgehead atoms. The Hall–Kier alpha value is -3.00. The van der Waals surface area contributed by atoms with E-state index in [1.54, 1.807) is 24.3 Å². The molecule has 2 aliphatic heterocycles. The third-order valence-corrected chi connectivity index (χ3v) is 6.55. The lowest BCUT2D eigenvalue weighted by atomic mass is 9.96. The molecule has 0 aliphatic carbocycles. The summed E-state index contributed by atoms with van der Waals surface area (Å²) < 4.78 is 37.9. The fourth-order valence-electron chi connectivity index (χ4n) is 4.76. The molecule has 42 heavy (non-hydrogen) atoms. The smallest absolute Gasteiger partial charge is 0.335 e. The minimum Gasteiger partial charge on any atom is -0.479 e. The quantitative estimate of drug-likeness (QED) is 0.303. The highest BCUT2D eigenvalue weighted by Crippen LogP contribution is 2.29. The van der Waals surface area contributed by atoms with Gasteiger partial charge in [-0.15, -0.1) is 0 Å². The van der Waals surface area contributed by atoms with Crippen LogP contribution in [0.5, 0.6) is 0 Å². The number of ether oxygens (including phenoxy) is 2. The zero-order valence-corrected chi connectivity index (χ0v) is 24.7. The Morgan fingerprint density at radius 1 is 0.762 bits per heavy atom. The van der Waals surface area contributed by atoms with Crippen LogP contribution in [0.25, 0.3) is 0 Å². The number of nitrogens with one attached hydrogen (secondary N) is 2. The second-order valence-electron chi connectivity index (χ2n) is 11.8. The number of halogens is 2. The summed E-state index contributed by atoms with van der Waals surface area (Å²) in [5.41, 5.74) is 1.78. The number of carboxylic acid groups (broad SMARTS) is 2. The number of carbonyl (C=O) groups is 2. The van der Waals surface area contributed by atoms with Crippen molar-refractivity contribution in [3.63, 3.8) is 0 Å². The molecule has 4 rings (SSSR count). The van der Waals surface area contributed by atoms with Gasteiger partial charge in [-0.1, -0.05) is 24.3 Å². The lowest BCUT2D eigenvalue weighted by molar-refractivity contribution is -0.165. The molecule has 12 heteroatoms. The van der Waals surface area contributed by atoms with E-state index in [9.17, 15) is 18.4 Å². The lowest BCUT2D eigenvalue weighted by Gasteiger charge is -2.41. The van der Waals surface area contributed by atoms with Crippen molar-refractivity contribution in [2.75, 3.05) is 13.2 Å². The van der Waals surface area contributed by atoms with Gasteiger partial charge in [0.25, 0.3) is 0 Å². The zero-order chi connectivity index (χ0) is 31.8. The highest BCUT2D eigenvalue weighted by Gasteiger charge is 2.34. The highest BCUT2D eigenvalue weighted by atomic mass is 19.1. The molecule has 2 aromatic rings. The Labute approximate surface area is 244 Å². The van der Waals surface area contributed by atoms with Crippen molar-refractivity contribution < 1.29 is 48.3 Å². The molecule has 0 unspecified atom stereocenters. The van der Waals surface area contributed by atoms with Crippen LogP contribution in [0.3, 0.4) is 0 Å². The minimum absolute atomic E-state index is 0.0107. The standard InChI is InChI=1S/2C13H18FNO.C4H6O6/c2*1-9-12(16-8-13(2,3)15-9)10-5-4-6-11(14)7-10;5-1(3(7)8)2(6)4(9)10/h2*4-7,9,12,15H,8H2,1-3H3;1-2,5-6H,(H,7,8)(H,9,10)/t2*9-,12+;1-,2-/m000/s1. The predicted molar refractivity (Wildman–Crippen MR) is 151 cm³/mol. The van der Waals surface area contributed by atoms with Crippen molar-refractivity contribution in [3.8, 4) is 0 Å². The summed E-state index contributed by atoms with van der Waals surface area (Å²) in [7, 11) is 0. The monoisotopic (exact) mass is 596 g/mol. The van der Waals surface area contributed by atoms with Crippen LogP contribution < -0.4 is 10.6 Å². The molecule has 6 atom stereocenters. The van der Waals surface area contributed by atoms with Crippen LogP contribution in [0.15, 0.2) is 48.5 Å². The third-order valence-electron chi connectivity index (χ3n) is 6.55. The average molecular weight is 597 g/mol. The van der Waals surface area contributed by atoms with Crippen molar-refractivity contribution in [2.24, 2.45) is 0 Å². The van der Waals surface area contributed by atoms with E-state index < -0.39 is 24.1 Å². The molecule has 2 saturated heterocycles. The molecule has 2 fully saturated rings. The summed E-state index contributed by atoms with van der Waals surface area (Å²) in [6.45, 7) is 13.8. The Bertz CT molecular complexity index is 1100. The number of benzene rings is 2. The minimum atomic E-state index is -2.27. The summed E-state index contributed by atoms with van der Waals surface area (Å²) in [5.74, 6) is -3.96. The van der Waals surface area contributed by atoms with Crippen molar-refractivity contribution in [2.45, 2.75) is 89.1 Å². The summed E-state index contributed by atoms with van der Waals surface area (Å²) in [6.07, 6.45) is -4.66. The van der Waals surface area contributed by atoms with Gasteiger partial charge >= 0.3 is 11.9 Å². The molecule has 0 radical (unpaired) electrons. The Kier molecular flexibility index (Phi) is 12.5. The molecule has 2 heterocycles. The maximum atomic E-state index is 13.1. The van der Waals surface area contributed by atoms with Crippen molar-refractivity contribution in [1.82, 2.24) is 10.6 Å². The van der Waals surface area contributed by atoms with Crippen molar-refractivity contribution in [3.05, 3.63) is 71.3 Å². The molecule has 6 N–H and O–H groups in total. The second kappa shape index (κ2) is 14.9. The summed E-state index contributed by atoms with van der Waals surface area (Å²) in [6, 6.07) is 13.6. The highest BCUT2D eigenvalue weighted by molar-refractivity contribution is 5.83. The van der Waals surface area contributed by atoms with Gasteiger partial charge in [-0.3, -0.25) is 0 Å². The van der Waals surface area contributed by atoms with E-state index in [1.807, 2.05) is 12.1 Å². The van der Waals surface area contributed by atoms with E-state index in [4.69, 9.17) is 29.9 Å². The van der Waals surface area contributed by atoms with Crippen molar-refractivity contribution >= 4 is 11.9 Å². The van der Waals surface area contributed by atoms with Crippen LogP contribution in [-0.2, 0) is 19.1 Å². The summed E-state index contributed by atoms with van der Waals surface area (Å²) in [4.78, 5) is 19.5. The molecule has 0 saturated carbocycles. The first-order valence-electron chi connectivity index (χ1n) is 13.5. The largest absolute Gasteiger partial charge is 0.479 e. The number of aliphatic hydroxyl groups excluding tert-OH is 2. The van der Waals surface area contributed by atoms with E-state index in [-0.39, 0.29) is 47.0 Å². The maximum Gasteiger partial charge on any atom is 0.335 e. The molecule has 2 aromatic carbocycles. The molecule has 10 nitrogen and oxygen atoms in total. The van der Waals surface area contributed by atoms with Gasteiger partial charge in [-0.25, -0.2) is 18.4 Å². The normalized spacial score (nSPS) is 25.9. The van der Waals surface area contributed by atoms with Gasteiger partial charge in [0, 0.05) is 23.2 Å². The number of aliphatic carboxylic acids is 2. The van der Waals surface area contributed by atoms with Crippen LogP contribution in [-0.4, -0.2) is 80.9 Å². The van der Waals surface area contributed by atoms with Gasteiger partial charge in [0.2, 0.25) is 0 Å². The van der Waals surface area contributed by atoms with E-state index in [2.05, 4.69) is 52.2 Å². The molecule has 0 aromatic heterocycles. The van der Waals surface area contributed by atoms with Crippen LogP contribution >= 0.6 is 0 Å². The summed E-state index contributed by atoms with van der Waals surface area (Å²) >= 11 is 0. The first-order valence-corrected chi connectivity index (χ1v) is 13.5. The lowest BCUT2D eigenvalue weighted by Crippen LogP contribution is -2.55. The fourth-order valence-corrected chi connectivity index (χ4v) is 4.76. The predicted octanol–water partition coefficient (Wildman–Crippen LogP) is 3.18. The van der Waals surface area contributed by atoms with Crippen LogP contribution in [0.2, 0.25) is 0 Å². The first-order chi connectivity index (χ1) is 19.4. The molecule has 0 spiro atoms. The number of rotatable bonds is 5. The second-order valence-corrected chi connectivity index (χ2v) is 11.8. The van der Waals surface area contributed by atoms with E-state index in [1.165, 1.54) is 12.1 Å². The molecular weight excluding hydrogens is 554 g/mol. The van der Waals surface area contributed by atoms with Gasteiger partial charge in [0.15, 0.2) is 12.2 Å². The fraction of sp³-hybridized carbons (Fsp3) is 0.533. The molecular formula is C30H42F2N2O8. The molecule has 0 amide bonds. The molecule has 2 aliphatic rings. The van der Waals surface area contributed by atoms with Gasteiger partial charge < -0.3 is 40.5 Å². The number of carboxylic acids is 2. The van der Waals surface area contributed by atoms with E-state index in [0.29, 0.717) is 13.2 Å². The molecule has 234 valence electrons. The van der Waals surface area contributed by atoms with Gasteiger partial charge in [0.05, 0.1) is 25.4 Å². The third kappa shape index (κ3) is 10.7. The topological polar surface area (TPSA) is 158 Å². The zero-order valence-electron chi connectivity index (χ0n) is 24.7. The van der Waals surface area contributed by atoms with Crippen LogP contribution in [0.1, 0.15) is 64.9 Å². The number of hydrogen-bond acceptors (Lipinski definition) is 8. The number of hydrogen-bond donors (Lipinski definition) is 6.